The Morgan fingerprint density at radius 3 is 2.55 bits per heavy atom. The first-order valence-electron chi connectivity index (χ1n) is 9.02. The van der Waals surface area contributed by atoms with E-state index in [-0.39, 0.29) is 27.1 Å². The predicted molar refractivity (Wildman–Crippen MR) is 119 cm³/mol. The van der Waals surface area contributed by atoms with Gasteiger partial charge in [-0.15, -0.1) is 11.3 Å². The number of benzene rings is 1. The quantitative estimate of drug-likeness (QED) is 0.542. The number of carbonyl (C=O) groups is 1. The normalized spacial score (nSPS) is 11.4. The summed E-state index contributed by atoms with van der Waals surface area (Å²) in [4.78, 5) is 11.7. The van der Waals surface area contributed by atoms with Crippen molar-refractivity contribution in [3.8, 4) is 17.2 Å². The van der Waals surface area contributed by atoms with Crippen molar-refractivity contribution in [1.82, 2.24) is 5.16 Å². The smallest absolute Gasteiger partial charge is 0.266 e. The van der Waals surface area contributed by atoms with Crippen molar-refractivity contribution in [2.75, 3.05) is 4.72 Å². The standard InChI is InChI=1S/C20H19ClN4O4S2/c1-9-7-10(2)15(11(3)13(9)5-6-22)14-8-30-17(19(23)26)18(14)31(27,28)25-20-16(21)12(4)24-29-20/h7-8,25H,5H2,1-4H3,(H2,23,26). The lowest BCUT2D eigenvalue weighted by Gasteiger charge is -2.17. The lowest BCUT2D eigenvalue weighted by Crippen LogP contribution is -2.19. The number of amides is 1. The van der Waals surface area contributed by atoms with Crippen LogP contribution in [0.5, 0.6) is 0 Å². The van der Waals surface area contributed by atoms with Gasteiger partial charge in [0.15, 0.2) is 0 Å². The fraction of sp³-hybridized carbons (Fsp3) is 0.250. The first-order chi connectivity index (χ1) is 14.5. The van der Waals surface area contributed by atoms with E-state index in [1.165, 1.54) is 0 Å². The molecule has 2 heterocycles. The lowest BCUT2D eigenvalue weighted by molar-refractivity contribution is 0.100. The van der Waals surface area contributed by atoms with Crippen molar-refractivity contribution in [3.63, 3.8) is 0 Å². The second kappa shape index (κ2) is 8.34. The largest absolute Gasteiger partial charge is 0.365 e. The summed E-state index contributed by atoms with van der Waals surface area (Å²) >= 11 is 6.98. The molecule has 0 saturated carbocycles. The number of nitrogens with two attached hydrogens (primary N) is 1. The van der Waals surface area contributed by atoms with Gasteiger partial charge in [-0.05, 0) is 55.5 Å². The summed E-state index contributed by atoms with van der Waals surface area (Å²) in [6, 6.07) is 4.02. The first-order valence-corrected chi connectivity index (χ1v) is 11.8. The van der Waals surface area contributed by atoms with Crippen LogP contribution in [-0.4, -0.2) is 19.5 Å². The Morgan fingerprint density at radius 2 is 2.00 bits per heavy atom. The molecule has 3 rings (SSSR count). The number of thiophene rings is 1. The Labute approximate surface area is 188 Å². The Morgan fingerprint density at radius 1 is 1.32 bits per heavy atom. The number of halogens is 1. The van der Waals surface area contributed by atoms with E-state index in [4.69, 9.17) is 21.9 Å². The Hall–Kier alpha value is -2.87. The molecule has 1 aromatic carbocycles. The number of nitrogens with zero attached hydrogens (tertiary/aromatic N) is 2. The van der Waals surface area contributed by atoms with Gasteiger partial charge in [-0.3, -0.25) is 4.79 Å². The van der Waals surface area contributed by atoms with Gasteiger partial charge in [-0.2, -0.15) is 5.26 Å². The van der Waals surface area contributed by atoms with Crippen LogP contribution in [-0.2, 0) is 16.4 Å². The number of sulfonamides is 1. The van der Waals surface area contributed by atoms with Gasteiger partial charge in [-0.1, -0.05) is 22.8 Å². The molecule has 11 heteroatoms. The highest BCUT2D eigenvalue weighted by Gasteiger charge is 2.31. The van der Waals surface area contributed by atoms with Crippen LogP contribution < -0.4 is 10.5 Å². The number of hydrogen-bond acceptors (Lipinski definition) is 7. The second-order valence-corrected chi connectivity index (χ2v) is 9.89. The van der Waals surface area contributed by atoms with Crippen LogP contribution in [0, 0.1) is 39.0 Å². The van der Waals surface area contributed by atoms with Crippen LogP contribution in [0.4, 0.5) is 5.88 Å². The number of aromatic nitrogens is 1. The molecule has 3 aromatic rings. The number of nitriles is 1. The summed E-state index contributed by atoms with van der Waals surface area (Å²) in [7, 11) is -4.33. The van der Waals surface area contributed by atoms with Crippen molar-refractivity contribution >= 4 is 44.8 Å². The molecule has 0 saturated heterocycles. The molecular formula is C20H19ClN4O4S2. The number of primary amides is 1. The topological polar surface area (TPSA) is 139 Å². The van der Waals surface area contributed by atoms with E-state index in [0.717, 1.165) is 33.6 Å². The summed E-state index contributed by atoms with van der Waals surface area (Å²) in [5.41, 5.74) is 10.0. The summed E-state index contributed by atoms with van der Waals surface area (Å²) in [5.74, 6) is -1.13. The van der Waals surface area contributed by atoms with E-state index in [2.05, 4.69) is 15.9 Å². The number of hydrogen-bond donors (Lipinski definition) is 2. The second-order valence-electron chi connectivity index (χ2n) is 7.01. The molecule has 1 amide bonds. The van der Waals surface area contributed by atoms with Crippen molar-refractivity contribution in [2.45, 2.75) is 39.0 Å². The molecule has 0 fully saturated rings. The molecule has 31 heavy (non-hydrogen) atoms. The molecular weight excluding hydrogens is 460 g/mol. The van der Waals surface area contributed by atoms with Crippen molar-refractivity contribution < 1.29 is 17.7 Å². The molecule has 2 aromatic heterocycles. The zero-order valence-corrected chi connectivity index (χ0v) is 19.5. The number of aryl methyl sites for hydroxylation is 3. The summed E-state index contributed by atoms with van der Waals surface area (Å²) in [6.45, 7) is 7.12. The first kappa shape index (κ1) is 22.8. The zero-order chi connectivity index (χ0) is 23.1. The van der Waals surface area contributed by atoms with Crippen molar-refractivity contribution in [3.05, 3.63) is 49.3 Å². The highest BCUT2D eigenvalue weighted by Crippen LogP contribution is 2.41. The maximum absolute atomic E-state index is 13.3. The number of rotatable bonds is 6. The van der Waals surface area contributed by atoms with E-state index in [9.17, 15) is 18.5 Å². The number of carbonyl (C=O) groups excluding carboxylic acids is 1. The van der Waals surface area contributed by atoms with Crippen LogP contribution in [0.3, 0.4) is 0 Å². The summed E-state index contributed by atoms with van der Waals surface area (Å²) in [6.07, 6.45) is 0.172. The Balaban J connectivity index is 2.29. The minimum atomic E-state index is -4.33. The molecule has 0 aliphatic heterocycles. The van der Waals surface area contributed by atoms with E-state index in [0.29, 0.717) is 16.8 Å². The Bertz CT molecular complexity index is 1350. The van der Waals surface area contributed by atoms with Gasteiger partial charge in [-0.25, -0.2) is 13.1 Å². The molecule has 3 N–H and O–H groups in total. The van der Waals surface area contributed by atoms with Crippen molar-refractivity contribution in [2.24, 2.45) is 5.73 Å². The third-order valence-electron chi connectivity index (χ3n) is 4.91. The van der Waals surface area contributed by atoms with Gasteiger partial charge in [0.1, 0.15) is 20.5 Å². The number of nitrogens with one attached hydrogen (secondary N) is 1. The van der Waals surface area contributed by atoms with Crippen molar-refractivity contribution in [1.29, 1.82) is 5.26 Å². The Kier molecular flexibility index (Phi) is 6.14. The van der Waals surface area contributed by atoms with E-state index >= 15 is 0 Å². The van der Waals surface area contributed by atoms with Crippen LogP contribution in [0.1, 0.15) is 37.6 Å². The van der Waals surface area contributed by atoms with Crippen LogP contribution >= 0.6 is 22.9 Å². The molecule has 162 valence electrons. The van der Waals surface area contributed by atoms with E-state index < -0.39 is 15.9 Å². The maximum atomic E-state index is 13.3. The molecule has 8 nitrogen and oxygen atoms in total. The molecule has 0 aliphatic carbocycles. The van der Waals surface area contributed by atoms with Gasteiger partial charge in [0.2, 0.25) is 0 Å². The van der Waals surface area contributed by atoms with E-state index in [1.54, 1.807) is 12.3 Å². The highest BCUT2D eigenvalue weighted by atomic mass is 35.5. The van der Waals surface area contributed by atoms with Gasteiger partial charge >= 0.3 is 0 Å². The number of anilines is 1. The highest BCUT2D eigenvalue weighted by molar-refractivity contribution is 7.93. The van der Waals surface area contributed by atoms with Gasteiger partial charge < -0.3 is 10.3 Å². The fourth-order valence-electron chi connectivity index (χ4n) is 3.54. The molecule has 0 bridgehead atoms. The van der Waals surface area contributed by atoms with E-state index in [1.807, 2.05) is 26.8 Å². The lowest BCUT2D eigenvalue weighted by atomic mass is 9.89. The predicted octanol–water partition coefficient (Wildman–Crippen LogP) is 4.26. The molecule has 0 aliphatic rings. The molecule has 0 radical (unpaired) electrons. The van der Waals surface area contributed by atoms with Gasteiger partial charge in [0.25, 0.3) is 21.8 Å². The average molecular weight is 479 g/mol. The van der Waals surface area contributed by atoms with Crippen LogP contribution in [0.2, 0.25) is 5.02 Å². The molecule has 0 atom stereocenters. The maximum Gasteiger partial charge on any atom is 0.266 e. The molecule has 0 unspecified atom stereocenters. The van der Waals surface area contributed by atoms with Gasteiger partial charge in [0.05, 0.1) is 12.5 Å². The monoisotopic (exact) mass is 478 g/mol. The summed E-state index contributed by atoms with van der Waals surface area (Å²) < 4.78 is 33.9. The summed E-state index contributed by atoms with van der Waals surface area (Å²) in [5, 5.41) is 14.4. The fourth-order valence-corrected chi connectivity index (χ4v) is 6.35. The minimum Gasteiger partial charge on any atom is -0.365 e. The van der Waals surface area contributed by atoms with Crippen LogP contribution in [0.15, 0.2) is 20.9 Å². The SMILES string of the molecule is Cc1cc(C)c(-c2csc(C(N)=O)c2S(=O)(=O)Nc2onc(C)c2Cl)c(C)c1CC#N. The zero-order valence-electron chi connectivity index (χ0n) is 17.2. The third-order valence-corrected chi connectivity index (χ3v) is 7.90. The van der Waals surface area contributed by atoms with Crippen LogP contribution in [0.25, 0.3) is 11.1 Å². The molecule has 0 spiro atoms. The van der Waals surface area contributed by atoms with Gasteiger partial charge in [0, 0.05) is 10.9 Å². The average Bonchev–Trinajstić information content (AvgIpc) is 3.25. The third kappa shape index (κ3) is 4.04. The minimum absolute atomic E-state index is 0.0139.